The number of carbonyl (C=O) groups excluding carboxylic acids is 3. The normalized spacial score (nSPS) is 29.8. The maximum Gasteiger partial charge on any atom is 0.202 e. The highest BCUT2D eigenvalue weighted by atomic mass is 16.7. The van der Waals surface area contributed by atoms with Crippen molar-refractivity contribution in [2.45, 2.75) is 62.4 Å². The molecule has 1 aliphatic heterocycles. The zero-order valence-corrected chi connectivity index (χ0v) is 21.3. The topological polar surface area (TPSA) is 212 Å². The van der Waals surface area contributed by atoms with Crippen LogP contribution < -0.4 is 16.2 Å². The summed E-state index contributed by atoms with van der Waals surface area (Å²) in [6.45, 7) is 0.701. The molecule has 5 rings (SSSR count). The molecule has 208 valence electrons. The number of fused-ring (bicyclic) bond motifs is 3. The maximum atomic E-state index is 13.7. The van der Waals surface area contributed by atoms with Gasteiger partial charge in [0.1, 0.15) is 29.5 Å². The molecule has 39 heavy (non-hydrogen) atoms. The van der Waals surface area contributed by atoms with Crippen LogP contribution in [0.4, 0.5) is 0 Å². The lowest BCUT2D eigenvalue weighted by Crippen LogP contribution is -2.56. The molecule has 1 heterocycles. The second-order valence-corrected chi connectivity index (χ2v) is 10.2. The molecule has 2 aliphatic carbocycles. The second kappa shape index (κ2) is 9.66. The van der Waals surface area contributed by atoms with Gasteiger partial charge in [-0.25, -0.2) is 0 Å². The SMILES string of the molecule is COc1cccc2c1C(=O)c1c(O)c3c(c(O)c1C2=O)C[C@@](O)(C(=O)CO)C[C@@H]3O[C@H]1C[C@H](N)[C@@H](N)[C@H](C)O1. The Bertz CT molecular complexity index is 1380. The zero-order valence-electron chi connectivity index (χ0n) is 21.3. The first kappa shape index (κ1) is 27.2. The number of hydrogen-bond donors (Lipinski definition) is 6. The third-order valence-corrected chi connectivity index (χ3v) is 7.92. The van der Waals surface area contributed by atoms with E-state index in [9.17, 15) is 34.8 Å². The first-order chi connectivity index (χ1) is 18.4. The number of aromatic hydroxyl groups is 2. The Labute approximate surface area is 223 Å². The lowest BCUT2D eigenvalue weighted by atomic mass is 9.72. The molecule has 6 atom stereocenters. The summed E-state index contributed by atoms with van der Waals surface area (Å²) < 4.78 is 17.2. The summed E-state index contributed by atoms with van der Waals surface area (Å²) in [5.41, 5.74) is 8.68. The van der Waals surface area contributed by atoms with Gasteiger partial charge in [-0.15, -0.1) is 0 Å². The van der Waals surface area contributed by atoms with Gasteiger partial charge in [-0.05, 0) is 13.0 Å². The molecule has 12 nitrogen and oxygen atoms in total. The molecule has 3 aliphatic rings. The minimum absolute atomic E-state index is 0.0401. The molecule has 0 spiro atoms. The van der Waals surface area contributed by atoms with Gasteiger partial charge in [0.15, 0.2) is 17.9 Å². The number of ketones is 3. The molecule has 2 aromatic carbocycles. The largest absolute Gasteiger partial charge is 0.507 e. The fraction of sp³-hybridized carbons (Fsp3) is 0.444. The molecular formula is C27H30N2O10. The summed E-state index contributed by atoms with van der Waals surface area (Å²) in [7, 11) is 1.33. The van der Waals surface area contributed by atoms with E-state index in [0.717, 1.165) is 0 Å². The number of aliphatic hydroxyl groups excluding tert-OH is 1. The van der Waals surface area contributed by atoms with Gasteiger partial charge in [0.25, 0.3) is 0 Å². The summed E-state index contributed by atoms with van der Waals surface area (Å²) in [5.74, 6) is -3.67. The van der Waals surface area contributed by atoms with Gasteiger partial charge in [-0.1, -0.05) is 12.1 Å². The minimum Gasteiger partial charge on any atom is -0.507 e. The Balaban J connectivity index is 1.69. The van der Waals surface area contributed by atoms with Gasteiger partial charge >= 0.3 is 0 Å². The van der Waals surface area contributed by atoms with E-state index in [2.05, 4.69) is 0 Å². The molecule has 2 aromatic rings. The molecule has 0 bridgehead atoms. The third kappa shape index (κ3) is 4.11. The average molecular weight is 543 g/mol. The van der Waals surface area contributed by atoms with Crippen molar-refractivity contribution in [2.24, 2.45) is 11.5 Å². The van der Waals surface area contributed by atoms with E-state index < -0.39 is 95.6 Å². The van der Waals surface area contributed by atoms with E-state index in [0.29, 0.717) is 0 Å². The van der Waals surface area contributed by atoms with Crippen LogP contribution in [0.15, 0.2) is 18.2 Å². The number of rotatable bonds is 5. The van der Waals surface area contributed by atoms with Crippen LogP contribution in [0.3, 0.4) is 0 Å². The van der Waals surface area contributed by atoms with Crippen molar-refractivity contribution in [3.05, 3.63) is 51.6 Å². The van der Waals surface area contributed by atoms with Gasteiger partial charge in [-0.2, -0.15) is 0 Å². The molecule has 0 unspecified atom stereocenters. The van der Waals surface area contributed by atoms with E-state index in [1.165, 1.54) is 25.3 Å². The molecule has 1 fully saturated rings. The Morgan fingerprint density at radius 3 is 2.46 bits per heavy atom. The number of nitrogens with two attached hydrogens (primary N) is 2. The Morgan fingerprint density at radius 2 is 1.82 bits per heavy atom. The smallest absolute Gasteiger partial charge is 0.202 e. The summed E-state index contributed by atoms with van der Waals surface area (Å²) in [4.78, 5) is 39.8. The zero-order chi connectivity index (χ0) is 28.4. The fourth-order valence-electron chi connectivity index (χ4n) is 5.78. The molecule has 0 radical (unpaired) electrons. The number of hydrogen-bond acceptors (Lipinski definition) is 12. The first-order valence-electron chi connectivity index (χ1n) is 12.5. The van der Waals surface area contributed by atoms with Gasteiger partial charge in [0, 0.05) is 48.0 Å². The number of ether oxygens (including phenoxy) is 3. The van der Waals surface area contributed by atoms with Crippen molar-refractivity contribution in [3.8, 4) is 17.2 Å². The standard InChI is InChI=1S/C27H30N2O10/c1-10-22(29)13(28)6-17(38-10)39-15-8-27(36,16(31)9-30)7-12-19(15)26(35)21-20(24(12)33)23(32)11-4-3-5-14(37-2)18(11)25(21)34/h3-5,10,13,15,17,22,30,33,35-36H,6-9,28-29H2,1-2H3/t10-,13-,15-,17-,22-,27-/m0/s1. The van der Waals surface area contributed by atoms with Gasteiger partial charge in [0.05, 0.1) is 36.0 Å². The Morgan fingerprint density at radius 1 is 1.13 bits per heavy atom. The highest BCUT2D eigenvalue weighted by molar-refractivity contribution is 6.31. The Hall–Kier alpha value is -3.39. The lowest BCUT2D eigenvalue weighted by molar-refractivity contribution is -0.229. The maximum absolute atomic E-state index is 13.7. The fourth-order valence-corrected chi connectivity index (χ4v) is 5.78. The van der Waals surface area contributed by atoms with Gasteiger partial charge in [0.2, 0.25) is 5.78 Å². The first-order valence-corrected chi connectivity index (χ1v) is 12.5. The minimum atomic E-state index is -2.22. The number of phenols is 2. The summed E-state index contributed by atoms with van der Waals surface area (Å²) >= 11 is 0. The predicted molar refractivity (Wildman–Crippen MR) is 134 cm³/mol. The van der Waals surface area contributed by atoms with Crippen LogP contribution in [-0.2, 0) is 20.7 Å². The van der Waals surface area contributed by atoms with Crippen molar-refractivity contribution in [1.82, 2.24) is 0 Å². The molecule has 0 saturated carbocycles. The lowest BCUT2D eigenvalue weighted by Gasteiger charge is -2.42. The molecule has 0 amide bonds. The quantitative estimate of drug-likeness (QED) is 0.235. The van der Waals surface area contributed by atoms with Crippen molar-refractivity contribution >= 4 is 17.3 Å². The average Bonchev–Trinajstić information content (AvgIpc) is 2.90. The van der Waals surface area contributed by atoms with Crippen molar-refractivity contribution < 1.29 is 49.0 Å². The monoisotopic (exact) mass is 542 g/mol. The number of phenolic OH excluding ortho intramolecular Hbond substituents is 2. The molecule has 12 heteroatoms. The predicted octanol–water partition coefficient (Wildman–Crippen LogP) is -0.0323. The summed E-state index contributed by atoms with van der Waals surface area (Å²) in [6, 6.07) is 3.41. The van der Waals surface area contributed by atoms with Crippen LogP contribution >= 0.6 is 0 Å². The van der Waals surface area contributed by atoms with Crippen molar-refractivity contribution in [3.63, 3.8) is 0 Å². The highest BCUT2D eigenvalue weighted by Gasteiger charge is 2.50. The number of methoxy groups -OCH3 is 1. The van der Waals surface area contributed by atoms with E-state index in [1.54, 1.807) is 6.92 Å². The number of carbonyl (C=O) groups is 3. The van der Waals surface area contributed by atoms with Crippen molar-refractivity contribution in [1.29, 1.82) is 0 Å². The number of benzene rings is 2. The van der Waals surface area contributed by atoms with Gasteiger partial charge < -0.3 is 46.1 Å². The summed E-state index contributed by atoms with van der Waals surface area (Å²) in [5, 5.41) is 43.6. The van der Waals surface area contributed by atoms with Crippen LogP contribution in [0, 0.1) is 0 Å². The van der Waals surface area contributed by atoms with Crippen LogP contribution in [-0.4, -0.2) is 81.6 Å². The molecular weight excluding hydrogens is 512 g/mol. The van der Waals surface area contributed by atoms with Gasteiger partial charge in [-0.3, -0.25) is 14.4 Å². The van der Waals surface area contributed by atoms with E-state index >= 15 is 0 Å². The van der Waals surface area contributed by atoms with Crippen LogP contribution in [0.2, 0.25) is 0 Å². The van der Waals surface area contributed by atoms with E-state index in [-0.39, 0.29) is 34.4 Å². The summed E-state index contributed by atoms with van der Waals surface area (Å²) in [6.07, 6.45) is -3.63. The van der Waals surface area contributed by atoms with Crippen molar-refractivity contribution in [2.75, 3.05) is 13.7 Å². The molecule has 8 N–H and O–H groups in total. The van der Waals surface area contributed by atoms with Crippen LogP contribution in [0.25, 0.3) is 0 Å². The number of Topliss-reactive ketones (excluding diaryl/α,β-unsaturated/α-hetero) is 1. The van der Waals surface area contributed by atoms with E-state index in [1.807, 2.05) is 0 Å². The van der Waals surface area contributed by atoms with E-state index in [4.69, 9.17) is 25.7 Å². The van der Waals surface area contributed by atoms with Crippen LogP contribution in [0.1, 0.15) is 68.8 Å². The second-order valence-electron chi connectivity index (χ2n) is 10.2. The van der Waals surface area contributed by atoms with Crippen LogP contribution in [0.5, 0.6) is 17.2 Å². The highest BCUT2D eigenvalue weighted by Crippen LogP contribution is 2.52. The molecule has 1 saturated heterocycles. The Kier molecular flexibility index (Phi) is 6.74. The third-order valence-electron chi connectivity index (χ3n) is 7.92. The molecule has 0 aromatic heterocycles. The number of aliphatic hydroxyl groups is 2.